The fraction of sp³-hybridized carbons (Fsp3) is 0.250. The Hall–Kier alpha value is -2.64. The monoisotopic (exact) mass is 388 g/mol. The molecule has 7 heteroatoms. The van der Waals surface area contributed by atoms with E-state index in [0.717, 1.165) is 11.3 Å². The number of amides is 1. The molecule has 2 aromatic carbocycles. The van der Waals surface area contributed by atoms with Gasteiger partial charge in [-0.1, -0.05) is 19.1 Å². The highest BCUT2D eigenvalue weighted by molar-refractivity contribution is 7.89. The topological polar surface area (TPSA) is 84.5 Å². The number of nitrogens with one attached hydrogen (secondary N) is 2. The second kappa shape index (κ2) is 9.89. The van der Waals surface area contributed by atoms with Crippen molar-refractivity contribution in [2.75, 3.05) is 18.5 Å². The van der Waals surface area contributed by atoms with Gasteiger partial charge in [-0.2, -0.15) is 0 Å². The van der Waals surface area contributed by atoms with E-state index in [-0.39, 0.29) is 10.8 Å². The molecule has 0 atom stereocenters. The summed E-state index contributed by atoms with van der Waals surface area (Å²) >= 11 is 0. The Morgan fingerprint density at radius 3 is 2.30 bits per heavy atom. The van der Waals surface area contributed by atoms with Crippen LogP contribution in [0.3, 0.4) is 0 Å². The van der Waals surface area contributed by atoms with Gasteiger partial charge in [-0.25, -0.2) is 13.1 Å². The molecule has 144 valence electrons. The molecule has 0 aliphatic rings. The summed E-state index contributed by atoms with van der Waals surface area (Å²) in [6.45, 7) is 4.80. The van der Waals surface area contributed by atoms with Crippen molar-refractivity contribution < 1.29 is 17.9 Å². The van der Waals surface area contributed by atoms with Gasteiger partial charge in [0, 0.05) is 18.3 Å². The zero-order valence-corrected chi connectivity index (χ0v) is 16.3. The zero-order valence-electron chi connectivity index (χ0n) is 15.4. The van der Waals surface area contributed by atoms with Gasteiger partial charge in [0.2, 0.25) is 15.9 Å². The lowest BCUT2D eigenvalue weighted by Crippen LogP contribution is -2.24. The van der Waals surface area contributed by atoms with E-state index in [0.29, 0.717) is 25.3 Å². The van der Waals surface area contributed by atoms with E-state index in [2.05, 4.69) is 10.0 Å². The van der Waals surface area contributed by atoms with Gasteiger partial charge in [0.25, 0.3) is 0 Å². The predicted octanol–water partition coefficient (Wildman–Crippen LogP) is 3.43. The molecule has 0 aliphatic heterocycles. The first-order chi connectivity index (χ1) is 12.9. The number of carbonyl (C=O) groups is 1. The Morgan fingerprint density at radius 2 is 1.70 bits per heavy atom. The van der Waals surface area contributed by atoms with Crippen molar-refractivity contribution in [3.63, 3.8) is 0 Å². The Balaban J connectivity index is 1.95. The number of rotatable bonds is 9. The van der Waals surface area contributed by atoms with Crippen molar-refractivity contribution in [3.8, 4) is 5.75 Å². The van der Waals surface area contributed by atoms with E-state index in [1.165, 1.54) is 18.2 Å². The molecule has 2 N–H and O–H groups in total. The standard InChI is InChI=1S/C20H24N2O4S/c1-3-15-21-27(24,25)19-12-8-17(9-13-19)22-20(23)14-7-16-5-10-18(11-6-16)26-4-2/h5-14,21H,3-4,15H2,1-2H3,(H,22,23)/b14-7+. The van der Waals surface area contributed by atoms with Gasteiger partial charge in [0.15, 0.2) is 0 Å². The molecule has 0 bridgehead atoms. The fourth-order valence-corrected chi connectivity index (χ4v) is 3.37. The molecule has 27 heavy (non-hydrogen) atoms. The van der Waals surface area contributed by atoms with Crippen LogP contribution in [0.2, 0.25) is 0 Å². The summed E-state index contributed by atoms with van der Waals surface area (Å²) in [6.07, 6.45) is 3.83. The van der Waals surface area contributed by atoms with Gasteiger partial charge < -0.3 is 10.1 Å². The van der Waals surface area contributed by atoms with Gasteiger partial charge in [-0.15, -0.1) is 0 Å². The first-order valence-electron chi connectivity index (χ1n) is 8.76. The molecule has 2 aromatic rings. The largest absolute Gasteiger partial charge is 0.494 e. The zero-order chi connectivity index (χ0) is 19.7. The molecule has 0 saturated carbocycles. The molecule has 1 amide bonds. The molecule has 2 rings (SSSR count). The number of ether oxygens (including phenoxy) is 1. The van der Waals surface area contributed by atoms with Crippen LogP contribution in [0.25, 0.3) is 6.08 Å². The third-order valence-corrected chi connectivity index (χ3v) is 5.07. The highest BCUT2D eigenvalue weighted by Crippen LogP contribution is 2.15. The number of anilines is 1. The maximum atomic E-state index is 12.0. The lowest BCUT2D eigenvalue weighted by Gasteiger charge is -2.07. The fourth-order valence-electron chi connectivity index (χ4n) is 2.23. The SMILES string of the molecule is CCCNS(=O)(=O)c1ccc(NC(=O)/C=C/c2ccc(OCC)cc2)cc1. The van der Waals surface area contributed by atoms with E-state index in [1.54, 1.807) is 18.2 Å². The normalized spacial score (nSPS) is 11.5. The van der Waals surface area contributed by atoms with Crippen LogP contribution in [-0.4, -0.2) is 27.5 Å². The van der Waals surface area contributed by atoms with E-state index >= 15 is 0 Å². The molecular weight excluding hydrogens is 364 g/mol. The quantitative estimate of drug-likeness (QED) is 0.645. The molecular formula is C20H24N2O4S. The summed E-state index contributed by atoms with van der Waals surface area (Å²) in [7, 11) is -3.51. The Kier molecular flexibility index (Phi) is 7.57. The molecule has 0 aromatic heterocycles. The van der Waals surface area contributed by atoms with Crippen LogP contribution in [0.15, 0.2) is 59.5 Å². The maximum absolute atomic E-state index is 12.0. The molecule has 0 radical (unpaired) electrons. The smallest absolute Gasteiger partial charge is 0.248 e. The first kappa shape index (κ1) is 20.7. The molecule has 6 nitrogen and oxygen atoms in total. The third-order valence-electron chi connectivity index (χ3n) is 3.59. The Labute approximate surface area is 160 Å². The van der Waals surface area contributed by atoms with Crippen LogP contribution >= 0.6 is 0 Å². The number of hydrogen-bond donors (Lipinski definition) is 2. The van der Waals surface area contributed by atoms with Gasteiger partial charge >= 0.3 is 0 Å². The summed E-state index contributed by atoms with van der Waals surface area (Å²) in [5, 5.41) is 2.70. The molecule has 0 aliphatic carbocycles. The molecule has 0 heterocycles. The minimum Gasteiger partial charge on any atom is -0.494 e. The van der Waals surface area contributed by atoms with Crippen molar-refractivity contribution in [2.45, 2.75) is 25.2 Å². The van der Waals surface area contributed by atoms with Gasteiger partial charge in [-0.3, -0.25) is 4.79 Å². The minimum atomic E-state index is -3.51. The average molecular weight is 388 g/mol. The second-order valence-electron chi connectivity index (χ2n) is 5.75. The van der Waals surface area contributed by atoms with Crippen molar-refractivity contribution in [3.05, 3.63) is 60.2 Å². The van der Waals surface area contributed by atoms with Crippen LogP contribution < -0.4 is 14.8 Å². The number of benzene rings is 2. The Bertz CT molecular complexity index is 873. The van der Waals surface area contributed by atoms with Gasteiger partial charge in [0.05, 0.1) is 11.5 Å². The van der Waals surface area contributed by atoms with Crippen LogP contribution in [0.4, 0.5) is 5.69 Å². The molecule has 0 spiro atoms. The van der Waals surface area contributed by atoms with Gasteiger partial charge in [0.1, 0.15) is 5.75 Å². The predicted molar refractivity (Wildman–Crippen MR) is 107 cm³/mol. The van der Waals surface area contributed by atoms with E-state index in [9.17, 15) is 13.2 Å². The van der Waals surface area contributed by atoms with E-state index in [4.69, 9.17) is 4.74 Å². The van der Waals surface area contributed by atoms with Crippen molar-refractivity contribution in [1.82, 2.24) is 4.72 Å². The van der Waals surface area contributed by atoms with Crippen LogP contribution in [-0.2, 0) is 14.8 Å². The van der Waals surface area contributed by atoms with Crippen molar-refractivity contribution >= 4 is 27.7 Å². The van der Waals surface area contributed by atoms with Crippen molar-refractivity contribution in [2.24, 2.45) is 0 Å². The van der Waals surface area contributed by atoms with Crippen LogP contribution in [0.1, 0.15) is 25.8 Å². The highest BCUT2D eigenvalue weighted by atomic mass is 32.2. The highest BCUT2D eigenvalue weighted by Gasteiger charge is 2.12. The molecule has 0 saturated heterocycles. The number of sulfonamides is 1. The van der Waals surface area contributed by atoms with Crippen LogP contribution in [0.5, 0.6) is 5.75 Å². The lowest BCUT2D eigenvalue weighted by molar-refractivity contribution is -0.111. The van der Waals surface area contributed by atoms with E-state index < -0.39 is 10.0 Å². The maximum Gasteiger partial charge on any atom is 0.248 e. The Morgan fingerprint density at radius 1 is 1.04 bits per heavy atom. The number of carbonyl (C=O) groups excluding carboxylic acids is 1. The summed E-state index contributed by atoms with van der Waals surface area (Å²) in [5.74, 6) is 0.478. The first-order valence-corrected chi connectivity index (χ1v) is 10.2. The van der Waals surface area contributed by atoms with Crippen LogP contribution in [0, 0.1) is 0 Å². The summed E-state index contributed by atoms with van der Waals surface area (Å²) in [6, 6.07) is 13.4. The lowest BCUT2D eigenvalue weighted by atomic mass is 10.2. The van der Waals surface area contributed by atoms with E-state index in [1.807, 2.05) is 38.1 Å². The number of hydrogen-bond acceptors (Lipinski definition) is 4. The average Bonchev–Trinajstić information content (AvgIpc) is 2.66. The van der Waals surface area contributed by atoms with Crippen molar-refractivity contribution in [1.29, 1.82) is 0 Å². The van der Waals surface area contributed by atoms with Gasteiger partial charge in [-0.05, 0) is 61.4 Å². The summed E-state index contributed by atoms with van der Waals surface area (Å²) < 4.78 is 31.9. The third kappa shape index (κ3) is 6.54. The minimum absolute atomic E-state index is 0.166. The second-order valence-corrected chi connectivity index (χ2v) is 7.51. The molecule has 0 unspecified atom stereocenters. The summed E-state index contributed by atoms with van der Waals surface area (Å²) in [4.78, 5) is 12.2. The molecule has 0 fully saturated rings. The summed E-state index contributed by atoms with van der Waals surface area (Å²) in [5.41, 5.74) is 1.39.